The number of carbonyl (C=O) groups excluding carboxylic acids is 1. The highest BCUT2D eigenvalue weighted by molar-refractivity contribution is 6.34. The number of aryl methyl sites for hydroxylation is 1. The third-order valence-electron chi connectivity index (χ3n) is 8.88. The van der Waals surface area contributed by atoms with Crippen LogP contribution in [0.2, 0.25) is 5.02 Å². The molecule has 2 aliphatic carbocycles. The second-order valence-electron chi connectivity index (χ2n) is 12.4. The number of hydrogen-bond acceptors (Lipinski definition) is 8. The summed E-state index contributed by atoms with van der Waals surface area (Å²) in [4.78, 5) is 49.8. The van der Waals surface area contributed by atoms with Crippen molar-refractivity contribution in [3.8, 4) is 22.7 Å². The summed E-state index contributed by atoms with van der Waals surface area (Å²) in [6.07, 6.45) is 5.09. The predicted molar refractivity (Wildman–Crippen MR) is 170 cm³/mol. The first-order valence-corrected chi connectivity index (χ1v) is 15.6. The molecule has 3 fully saturated rings. The number of rotatable bonds is 6. The van der Waals surface area contributed by atoms with Gasteiger partial charge < -0.3 is 14.9 Å². The number of hydrogen-bond donors (Lipinski definition) is 1. The maximum atomic E-state index is 15.2. The Hall–Kier alpha value is -4.38. The monoisotopic (exact) mass is 629 g/mol. The Balaban J connectivity index is 1.51. The molecule has 7 rings (SSSR count). The normalized spacial score (nSPS) is 20.1. The fraction of sp³-hybridized carbons (Fsp3) is 0.394. The van der Waals surface area contributed by atoms with Gasteiger partial charge in [0.1, 0.15) is 23.2 Å². The molecule has 0 spiro atoms. The Labute approximate surface area is 264 Å². The molecule has 2 atom stereocenters. The van der Waals surface area contributed by atoms with E-state index in [0.29, 0.717) is 35.8 Å². The van der Waals surface area contributed by atoms with Crippen molar-refractivity contribution in [3.05, 3.63) is 75.5 Å². The van der Waals surface area contributed by atoms with E-state index in [2.05, 4.69) is 11.6 Å². The number of nitrogens with zero attached hydrogens (tertiary/aromatic N) is 7. The van der Waals surface area contributed by atoms with Crippen LogP contribution in [0.5, 0.6) is 5.75 Å². The molecule has 3 aromatic heterocycles. The standard InChI is InChI=1S/C33H33ClFN7O3/c1-5-25(44)41-16(2)14-40(15-17(41)3)31-21-13-22(34)29(26-23(35)7-6-8-24(26)43)38-32(21)42(33(45)39-31)30-27(19-9-10-19)36-18(4)37-28(30)20-11-12-20/h5-8,13,16-17,19-20,43H,1,9-12,14-15H2,2-4H3/t16-,17+. The Kier molecular flexibility index (Phi) is 7.11. The van der Waals surface area contributed by atoms with Crippen molar-refractivity contribution in [3.63, 3.8) is 0 Å². The minimum Gasteiger partial charge on any atom is -0.507 e. The van der Waals surface area contributed by atoms with Gasteiger partial charge >= 0.3 is 5.69 Å². The van der Waals surface area contributed by atoms with Crippen molar-refractivity contribution in [1.29, 1.82) is 0 Å². The Morgan fingerprint density at radius 2 is 1.67 bits per heavy atom. The maximum Gasteiger partial charge on any atom is 0.355 e. The topological polar surface area (TPSA) is 117 Å². The summed E-state index contributed by atoms with van der Waals surface area (Å²) in [6, 6.07) is 5.20. The number of amides is 1. The van der Waals surface area contributed by atoms with Gasteiger partial charge in [-0.3, -0.25) is 4.79 Å². The van der Waals surface area contributed by atoms with Crippen molar-refractivity contribution >= 4 is 34.4 Å². The number of carbonyl (C=O) groups is 1. The highest BCUT2D eigenvalue weighted by atomic mass is 35.5. The van der Waals surface area contributed by atoms with Crippen molar-refractivity contribution in [2.45, 2.75) is 70.4 Å². The first kappa shape index (κ1) is 29.3. The van der Waals surface area contributed by atoms with Crippen LogP contribution in [0.15, 0.2) is 41.7 Å². The van der Waals surface area contributed by atoms with Crippen LogP contribution < -0.4 is 10.6 Å². The van der Waals surface area contributed by atoms with E-state index >= 15 is 4.39 Å². The molecule has 4 heterocycles. The van der Waals surface area contributed by atoms with E-state index in [0.717, 1.165) is 37.1 Å². The highest BCUT2D eigenvalue weighted by Crippen LogP contribution is 2.48. The van der Waals surface area contributed by atoms with Crippen molar-refractivity contribution in [1.82, 2.24) is 29.4 Å². The Morgan fingerprint density at radius 3 is 2.22 bits per heavy atom. The summed E-state index contributed by atoms with van der Waals surface area (Å²) in [7, 11) is 0. The zero-order chi connectivity index (χ0) is 31.7. The minimum absolute atomic E-state index is 0.00201. The van der Waals surface area contributed by atoms with Gasteiger partial charge in [-0.15, -0.1) is 0 Å². The van der Waals surface area contributed by atoms with E-state index in [1.807, 2.05) is 25.7 Å². The Morgan fingerprint density at radius 1 is 1.04 bits per heavy atom. The van der Waals surface area contributed by atoms with Crippen molar-refractivity contribution in [2.75, 3.05) is 18.0 Å². The smallest absolute Gasteiger partial charge is 0.355 e. The number of phenols is 1. The number of benzene rings is 1. The number of aromatic nitrogens is 5. The summed E-state index contributed by atoms with van der Waals surface area (Å²) >= 11 is 6.81. The number of phenolic OH excluding ortho intramolecular Hbond substituents is 1. The third-order valence-corrected chi connectivity index (χ3v) is 9.17. The van der Waals surface area contributed by atoms with Gasteiger partial charge in [0, 0.05) is 37.0 Å². The molecule has 10 nitrogen and oxygen atoms in total. The van der Waals surface area contributed by atoms with Gasteiger partial charge in [0.2, 0.25) is 5.91 Å². The van der Waals surface area contributed by atoms with Crippen LogP contribution in [0.1, 0.15) is 68.6 Å². The quantitative estimate of drug-likeness (QED) is 0.281. The lowest BCUT2D eigenvalue weighted by Gasteiger charge is -2.44. The molecule has 4 aromatic rings. The van der Waals surface area contributed by atoms with Crippen molar-refractivity contribution in [2.24, 2.45) is 0 Å². The molecule has 3 aliphatic rings. The molecule has 0 bridgehead atoms. The third kappa shape index (κ3) is 5.03. The van der Waals surface area contributed by atoms with Crippen LogP contribution in [0.4, 0.5) is 10.2 Å². The number of pyridine rings is 1. The number of aromatic hydroxyl groups is 1. The molecule has 1 aromatic carbocycles. The molecule has 1 N–H and O–H groups in total. The fourth-order valence-electron chi connectivity index (χ4n) is 6.63. The van der Waals surface area contributed by atoms with E-state index in [-0.39, 0.29) is 57.5 Å². The fourth-order valence-corrected chi connectivity index (χ4v) is 6.87. The van der Waals surface area contributed by atoms with Crippen molar-refractivity contribution < 1.29 is 14.3 Å². The molecular weight excluding hydrogens is 597 g/mol. The zero-order valence-corrected chi connectivity index (χ0v) is 26.1. The average Bonchev–Trinajstić information content (AvgIpc) is 3.91. The van der Waals surface area contributed by atoms with Crippen LogP contribution >= 0.6 is 11.6 Å². The summed E-state index contributed by atoms with van der Waals surface area (Å²) in [5.74, 6) is 0.181. The number of anilines is 1. The molecule has 12 heteroatoms. The van der Waals surface area contributed by atoms with E-state index in [1.165, 1.54) is 28.8 Å². The highest BCUT2D eigenvalue weighted by Gasteiger charge is 2.38. The molecule has 0 unspecified atom stereocenters. The molecule has 2 saturated carbocycles. The van der Waals surface area contributed by atoms with Gasteiger partial charge in [-0.25, -0.2) is 28.7 Å². The van der Waals surface area contributed by atoms with Crippen LogP contribution in [0.3, 0.4) is 0 Å². The minimum atomic E-state index is -0.700. The van der Waals surface area contributed by atoms with Gasteiger partial charge in [-0.1, -0.05) is 24.2 Å². The largest absolute Gasteiger partial charge is 0.507 e. The number of piperazine rings is 1. The number of fused-ring (bicyclic) bond motifs is 1. The van der Waals surface area contributed by atoms with E-state index in [9.17, 15) is 14.7 Å². The zero-order valence-electron chi connectivity index (χ0n) is 25.3. The first-order chi connectivity index (χ1) is 21.6. The Bertz CT molecular complexity index is 1890. The molecule has 1 amide bonds. The second kappa shape index (κ2) is 10.9. The summed E-state index contributed by atoms with van der Waals surface area (Å²) in [5.41, 5.74) is 1.64. The van der Waals surface area contributed by atoms with Crippen LogP contribution in [0, 0.1) is 12.7 Å². The molecule has 0 radical (unpaired) electrons. The molecule has 1 saturated heterocycles. The molecule has 45 heavy (non-hydrogen) atoms. The average molecular weight is 630 g/mol. The van der Waals surface area contributed by atoms with Crippen LogP contribution in [-0.4, -0.2) is 65.6 Å². The van der Waals surface area contributed by atoms with Gasteiger partial charge in [0.05, 0.1) is 38.7 Å². The van der Waals surface area contributed by atoms with Gasteiger partial charge in [-0.05, 0) is 70.7 Å². The van der Waals surface area contributed by atoms with E-state index in [1.54, 1.807) is 11.0 Å². The van der Waals surface area contributed by atoms with Crippen LogP contribution in [0.25, 0.3) is 28.0 Å². The summed E-state index contributed by atoms with van der Waals surface area (Å²) < 4.78 is 16.7. The van der Waals surface area contributed by atoms with Crippen LogP contribution in [-0.2, 0) is 4.79 Å². The van der Waals surface area contributed by atoms with E-state index in [4.69, 9.17) is 26.6 Å². The first-order valence-electron chi connectivity index (χ1n) is 15.3. The van der Waals surface area contributed by atoms with Gasteiger partial charge in [0.25, 0.3) is 0 Å². The summed E-state index contributed by atoms with van der Waals surface area (Å²) in [6.45, 7) is 10.2. The lowest BCUT2D eigenvalue weighted by Crippen LogP contribution is -2.58. The summed E-state index contributed by atoms with van der Waals surface area (Å²) in [5, 5.41) is 11.2. The van der Waals surface area contributed by atoms with E-state index < -0.39 is 11.5 Å². The molecule has 232 valence electrons. The van der Waals surface area contributed by atoms with Gasteiger partial charge in [0.15, 0.2) is 5.65 Å². The lowest BCUT2D eigenvalue weighted by atomic mass is 10.1. The second-order valence-corrected chi connectivity index (χ2v) is 12.8. The molecular formula is C33H33ClFN7O3. The molecule has 1 aliphatic heterocycles. The lowest BCUT2D eigenvalue weighted by molar-refractivity contribution is -0.130. The SMILES string of the molecule is C=CC(=O)N1[C@H](C)CN(c2nc(=O)n(-c3c(C4CC4)nc(C)nc3C3CC3)c3nc(-c4c(O)cccc4F)c(Cl)cc23)C[C@@H]1C. The predicted octanol–water partition coefficient (Wildman–Crippen LogP) is 5.41. The van der Waals surface area contributed by atoms with Gasteiger partial charge in [-0.2, -0.15) is 4.98 Å². The maximum absolute atomic E-state index is 15.2. The number of halogens is 2.